The van der Waals surface area contributed by atoms with Gasteiger partial charge in [0.05, 0.1) is 12.7 Å². The number of carbonyl (C=O) groups excluding carboxylic acids is 1. The maximum Gasteiger partial charge on any atom is 0.419 e. The summed E-state index contributed by atoms with van der Waals surface area (Å²) in [5, 5.41) is 2.78. The second kappa shape index (κ2) is 7.83. The molecular weight excluding hydrogens is 369 g/mol. The van der Waals surface area contributed by atoms with Gasteiger partial charge in [0.2, 0.25) is 0 Å². The lowest BCUT2D eigenvalue weighted by Crippen LogP contribution is -2.36. The van der Waals surface area contributed by atoms with Crippen LogP contribution >= 0.6 is 0 Å². The van der Waals surface area contributed by atoms with Crippen molar-refractivity contribution in [2.45, 2.75) is 39.0 Å². The van der Waals surface area contributed by atoms with Gasteiger partial charge in [-0.3, -0.25) is 9.69 Å². The van der Waals surface area contributed by atoms with Crippen molar-refractivity contribution >= 4 is 11.6 Å². The molecular formula is C21H23F3N2O2. The molecule has 150 valence electrons. The summed E-state index contributed by atoms with van der Waals surface area (Å²) in [5.74, 6) is -0.886. The van der Waals surface area contributed by atoms with E-state index in [0.29, 0.717) is 11.7 Å². The average Bonchev–Trinajstić information content (AvgIpc) is 2.66. The minimum atomic E-state index is -4.60. The van der Waals surface area contributed by atoms with Crippen LogP contribution in [0.1, 0.15) is 40.9 Å². The minimum absolute atomic E-state index is 0.0645. The first-order valence-corrected chi connectivity index (χ1v) is 9.12. The molecule has 3 rings (SSSR count). The zero-order valence-corrected chi connectivity index (χ0v) is 16.1. The van der Waals surface area contributed by atoms with E-state index in [4.69, 9.17) is 4.74 Å². The Bertz CT molecular complexity index is 878. The van der Waals surface area contributed by atoms with E-state index in [1.54, 1.807) is 6.07 Å². The lowest BCUT2D eigenvalue weighted by atomic mass is 9.96. The Morgan fingerprint density at radius 1 is 1.21 bits per heavy atom. The fraction of sp³-hybridized carbons (Fsp3) is 0.381. The highest BCUT2D eigenvalue weighted by Crippen LogP contribution is 2.37. The molecule has 2 aromatic rings. The summed E-state index contributed by atoms with van der Waals surface area (Å²) in [6.45, 7) is 5.94. The fourth-order valence-corrected chi connectivity index (χ4v) is 3.45. The Kier molecular flexibility index (Phi) is 5.65. The highest BCUT2D eigenvalue weighted by Gasteiger charge is 2.35. The molecule has 2 aromatic carbocycles. The predicted octanol–water partition coefficient (Wildman–Crippen LogP) is 4.73. The number of fused-ring (bicyclic) bond motifs is 1. The highest BCUT2D eigenvalue weighted by molar-refractivity contribution is 6.05. The van der Waals surface area contributed by atoms with Crippen molar-refractivity contribution < 1.29 is 22.7 Å². The van der Waals surface area contributed by atoms with E-state index in [0.717, 1.165) is 36.7 Å². The Morgan fingerprint density at radius 3 is 2.61 bits per heavy atom. The number of ether oxygens (including phenoxy) is 1. The van der Waals surface area contributed by atoms with Gasteiger partial charge in [-0.25, -0.2) is 0 Å². The molecule has 7 heteroatoms. The molecule has 0 saturated heterocycles. The summed E-state index contributed by atoms with van der Waals surface area (Å²) in [6, 6.07) is 9.41. The molecule has 0 bridgehead atoms. The van der Waals surface area contributed by atoms with E-state index < -0.39 is 17.6 Å². The van der Waals surface area contributed by atoms with Crippen LogP contribution in [-0.4, -0.2) is 30.5 Å². The lowest BCUT2D eigenvalue weighted by Gasteiger charge is -2.32. The number of amides is 1. The molecule has 1 amide bonds. The molecule has 0 radical (unpaired) electrons. The number of halogens is 3. The van der Waals surface area contributed by atoms with Gasteiger partial charge in [-0.1, -0.05) is 12.1 Å². The second-order valence-electron chi connectivity index (χ2n) is 7.12. The van der Waals surface area contributed by atoms with Gasteiger partial charge in [-0.15, -0.1) is 0 Å². The molecule has 1 heterocycles. The monoisotopic (exact) mass is 392 g/mol. The van der Waals surface area contributed by atoms with Gasteiger partial charge in [0.25, 0.3) is 5.91 Å². The molecule has 28 heavy (non-hydrogen) atoms. The predicted molar refractivity (Wildman–Crippen MR) is 102 cm³/mol. The van der Waals surface area contributed by atoms with Gasteiger partial charge >= 0.3 is 6.18 Å². The maximum absolute atomic E-state index is 13.2. The van der Waals surface area contributed by atoms with Crippen LogP contribution in [0.3, 0.4) is 0 Å². The number of carbonyl (C=O) groups is 1. The normalized spacial score (nSPS) is 14.7. The first-order valence-electron chi connectivity index (χ1n) is 9.12. The standard InChI is InChI=1S/C21H23F3N2O2/c1-13(2)26-10-9-16-15(12-26)5-4-6-18(16)25-20(27)14-7-8-19(28-3)17(11-14)21(22,23)24/h4-8,11,13H,9-10,12H2,1-3H3,(H,25,27). The Labute approximate surface area is 162 Å². The third kappa shape index (κ3) is 4.14. The lowest BCUT2D eigenvalue weighted by molar-refractivity contribution is -0.138. The maximum atomic E-state index is 13.2. The first-order chi connectivity index (χ1) is 13.2. The molecule has 0 spiro atoms. The summed E-state index contributed by atoms with van der Waals surface area (Å²) in [4.78, 5) is 15.0. The van der Waals surface area contributed by atoms with Crippen molar-refractivity contribution in [3.63, 3.8) is 0 Å². The number of benzene rings is 2. The number of hydrogen-bond donors (Lipinski definition) is 1. The Hall–Kier alpha value is -2.54. The van der Waals surface area contributed by atoms with E-state index in [2.05, 4.69) is 24.1 Å². The third-order valence-electron chi connectivity index (χ3n) is 5.04. The zero-order chi connectivity index (χ0) is 20.5. The second-order valence-corrected chi connectivity index (χ2v) is 7.12. The van der Waals surface area contributed by atoms with Crippen LogP contribution in [0.25, 0.3) is 0 Å². The van der Waals surface area contributed by atoms with Crippen molar-refractivity contribution in [3.05, 3.63) is 58.7 Å². The Balaban J connectivity index is 1.86. The third-order valence-corrected chi connectivity index (χ3v) is 5.04. The van der Waals surface area contributed by atoms with Crippen LogP contribution in [0.5, 0.6) is 5.75 Å². The molecule has 4 nitrogen and oxygen atoms in total. The topological polar surface area (TPSA) is 41.6 Å². The molecule has 0 aromatic heterocycles. The van der Waals surface area contributed by atoms with Crippen LogP contribution in [0.15, 0.2) is 36.4 Å². The molecule has 0 atom stereocenters. The number of alkyl halides is 3. The molecule has 0 unspecified atom stereocenters. The molecule has 0 aliphatic carbocycles. The van der Waals surface area contributed by atoms with E-state index >= 15 is 0 Å². The number of nitrogens with one attached hydrogen (secondary N) is 1. The smallest absolute Gasteiger partial charge is 0.419 e. The van der Waals surface area contributed by atoms with Gasteiger partial charge in [-0.05, 0) is 55.7 Å². The van der Waals surface area contributed by atoms with Gasteiger partial charge in [0.1, 0.15) is 5.75 Å². The summed E-state index contributed by atoms with van der Waals surface area (Å²) >= 11 is 0. The largest absolute Gasteiger partial charge is 0.496 e. The molecule has 0 fully saturated rings. The van der Waals surface area contributed by atoms with Gasteiger partial charge in [0, 0.05) is 30.4 Å². The molecule has 0 saturated carbocycles. The molecule has 1 aliphatic heterocycles. The summed E-state index contributed by atoms with van der Waals surface area (Å²) in [7, 11) is 1.17. The summed E-state index contributed by atoms with van der Waals surface area (Å²) < 4.78 is 44.4. The van der Waals surface area contributed by atoms with Crippen molar-refractivity contribution in [1.82, 2.24) is 4.90 Å². The van der Waals surface area contributed by atoms with Gasteiger partial charge in [-0.2, -0.15) is 13.2 Å². The van der Waals surface area contributed by atoms with Crippen molar-refractivity contribution in [2.24, 2.45) is 0 Å². The Morgan fingerprint density at radius 2 is 1.96 bits per heavy atom. The zero-order valence-electron chi connectivity index (χ0n) is 16.1. The van der Waals surface area contributed by atoms with E-state index in [9.17, 15) is 18.0 Å². The first kappa shape index (κ1) is 20.2. The number of anilines is 1. The van der Waals surface area contributed by atoms with Gasteiger partial charge < -0.3 is 10.1 Å². The highest BCUT2D eigenvalue weighted by atomic mass is 19.4. The van der Waals surface area contributed by atoms with E-state index in [1.165, 1.54) is 19.2 Å². The van der Waals surface area contributed by atoms with E-state index in [1.807, 2.05) is 12.1 Å². The van der Waals surface area contributed by atoms with Crippen LogP contribution in [0.2, 0.25) is 0 Å². The quantitative estimate of drug-likeness (QED) is 0.818. The SMILES string of the molecule is COc1ccc(C(=O)Nc2cccc3c2CCN(C(C)C)C3)cc1C(F)(F)F. The van der Waals surface area contributed by atoms with Crippen molar-refractivity contribution in [3.8, 4) is 5.75 Å². The average molecular weight is 392 g/mol. The minimum Gasteiger partial charge on any atom is -0.496 e. The number of hydrogen-bond acceptors (Lipinski definition) is 3. The molecule has 1 aliphatic rings. The number of nitrogens with zero attached hydrogens (tertiary/aromatic N) is 1. The van der Waals surface area contributed by atoms with Crippen LogP contribution < -0.4 is 10.1 Å². The van der Waals surface area contributed by atoms with Crippen LogP contribution in [-0.2, 0) is 19.1 Å². The van der Waals surface area contributed by atoms with Crippen molar-refractivity contribution in [1.29, 1.82) is 0 Å². The summed E-state index contributed by atoms with van der Waals surface area (Å²) in [6.07, 6.45) is -3.83. The van der Waals surface area contributed by atoms with Crippen LogP contribution in [0, 0.1) is 0 Å². The molecule has 1 N–H and O–H groups in total. The van der Waals surface area contributed by atoms with E-state index in [-0.39, 0.29) is 11.3 Å². The van der Waals surface area contributed by atoms with Crippen molar-refractivity contribution in [2.75, 3.05) is 19.0 Å². The number of rotatable bonds is 4. The van der Waals surface area contributed by atoms with Crippen LogP contribution in [0.4, 0.5) is 18.9 Å². The number of methoxy groups -OCH3 is 1. The van der Waals surface area contributed by atoms with Gasteiger partial charge in [0.15, 0.2) is 0 Å². The fourth-order valence-electron chi connectivity index (χ4n) is 3.45. The summed E-state index contributed by atoms with van der Waals surface area (Å²) in [5.41, 5.74) is 1.78.